The minimum Gasteiger partial charge on any atom is -1.00 e. The fourth-order valence-corrected chi connectivity index (χ4v) is 2.15. The first-order valence-corrected chi connectivity index (χ1v) is 8.21. The van der Waals surface area contributed by atoms with Crippen LogP contribution in [-0.4, -0.2) is 13.8 Å². The topological polar surface area (TPSA) is 20.2 Å². The van der Waals surface area contributed by atoms with Gasteiger partial charge in [-0.1, -0.05) is 11.6 Å². The summed E-state index contributed by atoms with van der Waals surface area (Å²) < 4.78 is 0. The van der Waals surface area contributed by atoms with Crippen LogP contribution in [0.25, 0.3) is 6.08 Å². The van der Waals surface area contributed by atoms with E-state index in [2.05, 4.69) is 24.4 Å². The van der Waals surface area contributed by atoms with Crippen molar-refractivity contribution in [2.45, 2.75) is 26.4 Å². The van der Waals surface area contributed by atoms with E-state index in [-0.39, 0.29) is 51.0 Å². The molecule has 0 atom stereocenters. The van der Waals surface area contributed by atoms with Gasteiger partial charge in [0.1, 0.15) is 0 Å². The molecule has 1 heterocycles. The fraction of sp³-hybridized carbons (Fsp3) is 0.400. The molecule has 1 aliphatic rings. The van der Waals surface area contributed by atoms with Crippen molar-refractivity contribution in [3.8, 4) is 0 Å². The van der Waals surface area contributed by atoms with E-state index in [0.717, 1.165) is 0 Å². The molecule has 1 aromatic heterocycles. The third kappa shape index (κ3) is 8.21. The molecule has 0 amide bonds. The van der Waals surface area contributed by atoms with E-state index >= 15 is 0 Å². The predicted molar refractivity (Wildman–Crippen MR) is 62.8 cm³/mol. The van der Waals surface area contributed by atoms with E-state index in [1.54, 1.807) is 0 Å². The molecule has 6 heteroatoms. The van der Waals surface area contributed by atoms with Crippen molar-refractivity contribution < 1.29 is 55.8 Å². The van der Waals surface area contributed by atoms with E-state index in [0.29, 0.717) is 0 Å². The first-order chi connectivity index (χ1) is 6.09. The van der Waals surface area contributed by atoms with Gasteiger partial charge < -0.3 is 29.6 Å². The Labute approximate surface area is 135 Å². The molecule has 1 N–H and O–H groups in total. The van der Waals surface area contributed by atoms with Gasteiger partial charge >= 0.3 is 26.2 Å². The van der Waals surface area contributed by atoms with Crippen LogP contribution in [0.3, 0.4) is 0 Å². The van der Waals surface area contributed by atoms with Crippen LogP contribution in [0, 0.1) is 0 Å². The number of thiophene rings is 1. The molecule has 0 spiro atoms. The van der Waals surface area contributed by atoms with Gasteiger partial charge in [0.15, 0.2) is 9.04 Å². The quantitative estimate of drug-likeness (QED) is 0.471. The van der Waals surface area contributed by atoms with Gasteiger partial charge in [-0.15, -0.1) is 11.3 Å². The van der Waals surface area contributed by atoms with Crippen LogP contribution < -0.4 is 24.8 Å². The van der Waals surface area contributed by atoms with E-state index in [1.807, 2.05) is 24.4 Å². The molecule has 0 saturated heterocycles. The molecule has 1 nitrogen and oxygen atoms in total. The summed E-state index contributed by atoms with van der Waals surface area (Å²) in [5.74, 6) is 0. The first kappa shape index (κ1) is 22.3. The number of allylic oxidation sites excluding steroid dienone is 1. The second-order valence-corrected chi connectivity index (χ2v) is 6.75. The van der Waals surface area contributed by atoms with Gasteiger partial charge in [0.25, 0.3) is 0 Å². The van der Waals surface area contributed by atoms with E-state index < -0.39 is 9.04 Å². The molecule has 2 rings (SSSR count). The molecule has 1 aliphatic carbocycles. The molecule has 16 heavy (non-hydrogen) atoms. The Balaban J connectivity index is -0.000000218. The monoisotopic (exact) mass is 372 g/mol. The second-order valence-electron chi connectivity index (χ2n) is 3.56. The van der Waals surface area contributed by atoms with Crippen molar-refractivity contribution >= 4 is 26.5 Å². The van der Waals surface area contributed by atoms with Crippen molar-refractivity contribution in [1.82, 2.24) is 0 Å². The average Bonchev–Trinajstić information content (AvgIpc) is 2.43. The van der Waals surface area contributed by atoms with Crippen LogP contribution in [0.5, 0.6) is 0 Å². The average molecular weight is 375 g/mol. The molecule has 0 bridgehead atoms. The van der Waals surface area contributed by atoms with Gasteiger partial charge in [-0.05, 0) is 37.0 Å². The number of halogens is 2. The minimum absolute atomic E-state index is 0. The van der Waals surface area contributed by atoms with Crippen molar-refractivity contribution in [1.29, 1.82) is 0 Å². The summed E-state index contributed by atoms with van der Waals surface area (Å²) in [5.41, 5.74) is 2.94. The third-order valence-electron chi connectivity index (χ3n) is 1.62. The van der Waals surface area contributed by atoms with Crippen molar-refractivity contribution in [2.24, 2.45) is 0 Å². The summed E-state index contributed by atoms with van der Waals surface area (Å²) in [7, 11) is -1.14. The Morgan fingerprint density at radius 3 is 2.25 bits per heavy atom. The Bertz CT molecular complexity index is 313. The Morgan fingerprint density at radius 1 is 1.31 bits per heavy atom. The maximum absolute atomic E-state index is 8.19. The summed E-state index contributed by atoms with van der Waals surface area (Å²) >= 11 is 1.86. The zero-order valence-electron chi connectivity index (χ0n) is 9.63. The van der Waals surface area contributed by atoms with Crippen molar-refractivity contribution in [3.05, 3.63) is 27.5 Å². The van der Waals surface area contributed by atoms with Crippen molar-refractivity contribution in [3.63, 3.8) is 0 Å². The number of hydrogen-bond donors (Lipinski definition) is 1. The molecule has 0 saturated carbocycles. The molecule has 0 unspecified atom stereocenters. The van der Waals surface area contributed by atoms with E-state index in [1.165, 1.54) is 22.4 Å². The summed E-state index contributed by atoms with van der Waals surface area (Å²) in [6.07, 6.45) is 3.46. The zero-order valence-corrected chi connectivity index (χ0v) is 15.6. The third-order valence-corrected chi connectivity index (χ3v) is 2.56. The SMILES string of the molecule is CC1=Cc2ccsc2C1.C[SiH](C)O.[Cl-].[Cl-].[Zr+2]. The van der Waals surface area contributed by atoms with Crippen LogP contribution in [0.1, 0.15) is 17.4 Å². The maximum atomic E-state index is 8.19. The molecule has 1 aromatic rings. The zero-order chi connectivity index (χ0) is 9.84. The Hall–Kier alpha value is 1.08. The molecule has 0 aromatic carbocycles. The Kier molecular flexibility index (Phi) is 15.6. The fourth-order valence-electron chi connectivity index (χ4n) is 1.19. The number of fused-ring (bicyclic) bond motifs is 1. The van der Waals surface area contributed by atoms with Crippen LogP contribution in [0.4, 0.5) is 0 Å². The van der Waals surface area contributed by atoms with Crippen LogP contribution >= 0.6 is 11.3 Å². The van der Waals surface area contributed by atoms with E-state index in [9.17, 15) is 0 Å². The summed E-state index contributed by atoms with van der Waals surface area (Å²) in [6, 6.07) is 2.19. The van der Waals surface area contributed by atoms with Crippen LogP contribution in [0.15, 0.2) is 17.0 Å². The maximum Gasteiger partial charge on any atom is 2.00 e. The molecular weight excluding hydrogens is 358 g/mol. The van der Waals surface area contributed by atoms with Gasteiger partial charge in [-0.25, -0.2) is 0 Å². The second kappa shape index (κ2) is 11.2. The van der Waals surface area contributed by atoms with Crippen LogP contribution in [-0.2, 0) is 32.6 Å². The van der Waals surface area contributed by atoms with Crippen molar-refractivity contribution in [2.75, 3.05) is 0 Å². The van der Waals surface area contributed by atoms with Gasteiger partial charge in [0.2, 0.25) is 0 Å². The van der Waals surface area contributed by atoms with E-state index in [4.69, 9.17) is 4.80 Å². The largest absolute Gasteiger partial charge is 2.00 e. The van der Waals surface area contributed by atoms with Gasteiger partial charge in [0.05, 0.1) is 0 Å². The first-order valence-electron chi connectivity index (χ1n) is 4.51. The standard InChI is InChI=1S/C8H8S.C2H8OSi.2ClH.Zr/c1-6-4-7-2-3-9-8(7)5-6;1-4(2)3;;;/h2-4H,5H2,1H3;3-4H,1-2H3;2*1H;/q;;;;+2/p-2. The smallest absolute Gasteiger partial charge is 1.00 e. The summed E-state index contributed by atoms with van der Waals surface area (Å²) in [4.78, 5) is 9.73. The predicted octanol–water partition coefficient (Wildman–Crippen LogP) is -3.32. The Morgan fingerprint density at radius 2 is 1.81 bits per heavy atom. The normalized spacial score (nSPS) is 10.9. The van der Waals surface area contributed by atoms with Gasteiger partial charge in [-0.3, -0.25) is 0 Å². The number of rotatable bonds is 0. The van der Waals surface area contributed by atoms with Gasteiger partial charge in [-0.2, -0.15) is 0 Å². The van der Waals surface area contributed by atoms with Gasteiger partial charge in [0, 0.05) is 11.3 Å². The number of hydrogen-bond acceptors (Lipinski definition) is 2. The molecule has 90 valence electrons. The molecule has 0 radical (unpaired) electrons. The molecule has 0 fully saturated rings. The molecule has 0 aliphatic heterocycles. The minimum atomic E-state index is -1.14. The summed E-state index contributed by atoms with van der Waals surface area (Å²) in [6.45, 7) is 5.91. The molecular formula is C10H16Cl2OSSiZr. The van der Waals surface area contributed by atoms with Crippen LogP contribution in [0.2, 0.25) is 13.1 Å². The summed E-state index contributed by atoms with van der Waals surface area (Å²) in [5, 5.41) is 2.16.